The average molecular weight is 389 g/mol. The molecule has 0 bridgehead atoms. The molecule has 0 aromatic rings. The molecule has 0 radical (unpaired) electrons. The first-order valence-electron chi connectivity index (χ1n) is 10.9. The van der Waals surface area contributed by atoms with Gasteiger partial charge in [-0.2, -0.15) is 0 Å². The Balaban J connectivity index is 0.000000271. The van der Waals surface area contributed by atoms with Crippen LogP contribution in [0.4, 0.5) is 0 Å². The Bertz CT molecular complexity index is 347. The third-order valence-electron chi connectivity index (χ3n) is 4.94. The zero-order chi connectivity index (χ0) is 20.1. The Morgan fingerprint density at radius 1 is 0.741 bits per heavy atom. The number of nitrogens with zero attached hydrogens (tertiary/aromatic N) is 2. The maximum absolute atomic E-state index is 9.32. The van der Waals surface area contributed by atoms with Crippen LogP contribution >= 0.6 is 0 Å². The first-order valence-corrected chi connectivity index (χ1v) is 10.9. The van der Waals surface area contributed by atoms with Crippen LogP contribution in [0.2, 0.25) is 0 Å². The van der Waals surface area contributed by atoms with E-state index in [1.165, 1.54) is 0 Å². The van der Waals surface area contributed by atoms with Crippen LogP contribution < -0.4 is 0 Å². The molecule has 2 aliphatic rings. The monoisotopic (exact) mass is 388 g/mol. The summed E-state index contributed by atoms with van der Waals surface area (Å²) in [6.07, 6.45) is 5.52. The maximum atomic E-state index is 9.32. The van der Waals surface area contributed by atoms with Crippen LogP contribution in [-0.4, -0.2) is 96.9 Å². The van der Waals surface area contributed by atoms with Crippen molar-refractivity contribution in [2.75, 3.05) is 52.5 Å². The number of ether oxygens (including phenoxy) is 2. The van der Waals surface area contributed by atoms with Crippen molar-refractivity contribution in [1.82, 2.24) is 9.80 Å². The molecule has 0 spiro atoms. The second-order valence-corrected chi connectivity index (χ2v) is 8.36. The molecule has 1 atom stereocenters. The van der Waals surface area contributed by atoms with E-state index >= 15 is 0 Å². The van der Waals surface area contributed by atoms with Crippen molar-refractivity contribution in [2.24, 2.45) is 0 Å². The van der Waals surface area contributed by atoms with Crippen LogP contribution in [0.5, 0.6) is 0 Å². The number of likely N-dealkylation sites (tertiary alicyclic amines) is 2. The molecule has 0 saturated carbocycles. The van der Waals surface area contributed by atoms with E-state index in [0.29, 0.717) is 12.2 Å². The van der Waals surface area contributed by atoms with Gasteiger partial charge in [0.2, 0.25) is 0 Å². The Morgan fingerprint density at radius 2 is 1.19 bits per heavy atom. The molecule has 0 aromatic heterocycles. The summed E-state index contributed by atoms with van der Waals surface area (Å²) in [5.74, 6) is 0. The van der Waals surface area contributed by atoms with Crippen LogP contribution in [-0.2, 0) is 9.47 Å². The lowest BCUT2D eigenvalue weighted by Crippen LogP contribution is -2.36. The molecule has 0 aliphatic carbocycles. The number of aliphatic hydroxyl groups excluding tert-OH is 2. The number of aliphatic hydroxyl groups is 2. The van der Waals surface area contributed by atoms with E-state index in [9.17, 15) is 10.2 Å². The van der Waals surface area contributed by atoms with Crippen molar-refractivity contribution < 1.29 is 19.7 Å². The molecule has 27 heavy (non-hydrogen) atoms. The maximum Gasteiger partial charge on any atom is 0.0679 e. The highest BCUT2D eigenvalue weighted by Crippen LogP contribution is 2.10. The summed E-state index contributed by atoms with van der Waals surface area (Å²) >= 11 is 0. The molecule has 0 amide bonds. The third kappa shape index (κ3) is 13.6. The minimum Gasteiger partial charge on any atom is -0.393 e. The summed E-state index contributed by atoms with van der Waals surface area (Å²) in [7, 11) is 0. The smallest absolute Gasteiger partial charge is 0.0679 e. The van der Waals surface area contributed by atoms with Gasteiger partial charge in [0.15, 0.2) is 0 Å². The van der Waals surface area contributed by atoms with Crippen LogP contribution in [0.25, 0.3) is 0 Å². The van der Waals surface area contributed by atoms with Crippen molar-refractivity contribution in [3.05, 3.63) is 0 Å². The summed E-state index contributed by atoms with van der Waals surface area (Å²) < 4.78 is 10.9. The highest BCUT2D eigenvalue weighted by Gasteiger charge is 2.19. The largest absolute Gasteiger partial charge is 0.393 e. The first-order chi connectivity index (χ1) is 12.9. The van der Waals surface area contributed by atoms with Gasteiger partial charge in [0.1, 0.15) is 0 Å². The number of β-amino-alcohol motifs (C(OH)–C–C–N with tert-alkyl or cyclic N) is 1. The quantitative estimate of drug-likeness (QED) is 0.559. The van der Waals surface area contributed by atoms with Crippen molar-refractivity contribution >= 4 is 0 Å². The lowest BCUT2D eigenvalue weighted by atomic mass is 10.1. The topological polar surface area (TPSA) is 65.4 Å². The fraction of sp³-hybridized carbons (Fsp3) is 1.00. The second kappa shape index (κ2) is 14.7. The van der Waals surface area contributed by atoms with Gasteiger partial charge in [-0.1, -0.05) is 0 Å². The lowest BCUT2D eigenvalue weighted by Gasteiger charge is -2.29. The van der Waals surface area contributed by atoms with Crippen molar-refractivity contribution in [3.8, 4) is 0 Å². The van der Waals surface area contributed by atoms with E-state index < -0.39 is 0 Å². The number of rotatable bonds is 10. The molecule has 162 valence electrons. The average Bonchev–Trinajstić information content (AvgIpc) is 3.03. The van der Waals surface area contributed by atoms with Gasteiger partial charge in [0.05, 0.1) is 24.4 Å². The number of piperidine rings is 1. The van der Waals surface area contributed by atoms with E-state index in [4.69, 9.17) is 9.47 Å². The predicted molar refractivity (Wildman–Crippen MR) is 110 cm³/mol. The van der Waals surface area contributed by atoms with Crippen molar-refractivity contribution in [3.63, 3.8) is 0 Å². The van der Waals surface area contributed by atoms with Crippen LogP contribution in [0.1, 0.15) is 59.8 Å². The molecule has 0 unspecified atom stereocenters. The number of hydrogen-bond acceptors (Lipinski definition) is 6. The van der Waals surface area contributed by atoms with Gasteiger partial charge in [-0.25, -0.2) is 0 Å². The summed E-state index contributed by atoms with van der Waals surface area (Å²) in [4.78, 5) is 4.71. The molecule has 6 heteroatoms. The van der Waals surface area contributed by atoms with Gasteiger partial charge in [0.25, 0.3) is 0 Å². The van der Waals surface area contributed by atoms with Crippen LogP contribution in [0.3, 0.4) is 0 Å². The van der Waals surface area contributed by atoms with E-state index in [1.54, 1.807) is 0 Å². The molecule has 0 aromatic carbocycles. The van der Waals surface area contributed by atoms with Gasteiger partial charge in [0, 0.05) is 52.5 Å². The normalized spacial score (nSPS) is 22.4. The fourth-order valence-electron chi connectivity index (χ4n) is 3.37. The summed E-state index contributed by atoms with van der Waals surface area (Å²) in [5.41, 5.74) is 0. The van der Waals surface area contributed by atoms with E-state index in [2.05, 4.69) is 37.5 Å². The Morgan fingerprint density at radius 3 is 1.63 bits per heavy atom. The van der Waals surface area contributed by atoms with Crippen molar-refractivity contribution in [2.45, 2.75) is 84.2 Å². The molecule has 2 N–H and O–H groups in total. The summed E-state index contributed by atoms with van der Waals surface area (Å²) in [5, 5.41) is 18.6. The highest BCUT2D eigenvalue weighted by atomic mass is 16.5. The number of hydrogen-bond donors (Lipinski definition) is 2. The van der Waals surface area contributed by atoms with Gasteiger partial charge in [-0.05, 0) is 59.8 Å². The molecule has 2 aliphatic heterocycles. The minimum atomic E-state index is -0.0917. The minimum absolute atomic E-state index is 0.0573. The van der Waals surface area contributed by atoms with Crippen LogP contribution in [0.15, 0.2) is 0 Å². The van der Waals surface area contributed by atoms with E-state index in [-0.39, 0.29) is 12.2 Å². The fourth-order valence-corrected chi connectivity index (χ4v) is 3.37. The molecule has 2 fully saturated rings. The second-order valence-electron chi connectivity index (χ2n) is 8.36. The Labute approximate surface area is 166 Å². The third-order valence-corrected chi connectivity index (χ3v) is 4.94. The molecule has 2 heterocycles. The Hall–Kier alpha value is -0.240. The standard InChI is InChI=1S/C11H23NO2.C10H21NO2/c1-10(2)14-9-3-6-12-7-4-11(13)5-8-12;1-9(2)13-7-3-5-11-6-4-10(12)8-11/h10-11,13H,3-9H2,1-2H3;9-10,12H,3-8H2,1-2H3/t;10-/m.1/s1. The van der Waals surface area contributed by atoms with Gasteiger partial charge >= 0.3 is 0 Å². The van der Waals surface area contributed by atoms with Gasteiger partial charge < -0.3 is 29.5 Å². The van der Waals surface area contributed by atoms with Crippen molar-refractivity contribution in [1.29, 1.82) is 0 Å². The molecular formula is C21H44N2O4. The Kier molecular flexibility index (Phi) is 13.5. The zero-order valence-electron chi connectivity index (χ0n) is 18.1. The summed E-state index contributed by atoms with van der Waals surface area (Å²) in [6.45, 7) is 16.1. The molecule has 6 nitrogen and oxygen atoms in total. The molecule has 2 rings (SSSR count). The highest BCUT2D eigenvalue weighted by molar-refractivity contribution is 4.73. The van der Waals surface area contributed by atoms with Gasteiger partial charge in [-0.3, -0.25) is 0 Å². The van der Waals surface area contributed by atoms with Gasteiger partial charge in [-0.15, -0.1) is 0 Å². The van der Waals surface area contributed by atoms with E-state index in [0.717, 1.165) is 84.6 Å². The van der Waals surface area contributed by atoms with Crippen LogP contribution in [0, 0.1) is 0 Å². The lowest BCUT2D eigenvalue weighted by molar-refractivity contribution is 0.0555. The van der Waals surface area contributed by atoms with E-state index in [1.807, 2.05) is 0 Å². The molecule has 2 saturated heterocycles. The molecular weight excluding hydrogens is 344 g/mol. The first kappa shape index (κ1) is 24.8. The predicted octanol–water partition coefficient (Wildman–Crippen LogP) is 2.13. The zero-order valence-corrected chi connectivity index (χ0v) is 18.1. The SMILES string of the molecule is CC(C)OCCCN1CCC(O)CC1.CC(C)OCCCN1CC[C@@H](O)C1. The summed E-state index contributed by atoms with van der Waals surface area (Å²) in [6, 6.07) is 0.